The Balaban J connectivity index is 2.53. The highest BCUT2D eigenvalue weighted by Crippen LogP contribution is 2.17. The van der Waals surface area contributed by atoms with Gasteiger partial charge in [-0.25, -0.2) is 4.79 Å². The SMILES string of the molecule is N=C(N)NCCC[C@H](N)C(=O)NCC(=O)N1CCC[C@H]1C(=O)N[C@@H](CC(=O)O)C(=O)O. The Kier molecular flexibility index (Phi) is 10.2. The van der Waals surface area contributed by atoms with Crippen molar-refractivity contribution >= 4 is 35.6 Å². The summed E-state index contributed by atoms with van der Waals surface area (Å²) in [4.78, 5) is 60.0. The fourth-order valence-electron chi connectivity index (χ4n) is 3.05. The molecule has 1 saturated heterocycles. The monoisotopic (exact) mass is 443 g/mol. The van der Waals surface area contributed by atoms with E-state index in [1.165, 1.54) is 4.90 Å². The number of likely N-dealkylation sites (tertiary alicyclic amines) is 1. The maximum absolute atomic E-state index is 12.5. The van der Waals surface area contributed by atoms with Crippen molar-refractivity contribution in [2.24, 2.45) is 11.5 Å². The number of hydrogen-bond donors (Lipinski definition) is 8. The Bertz CT molecular complexity index is 715. The Morgan fingerprint density at radius 1 is 1.16 bits per heavy atom. The van der Waals surface area contributed by atoms with Crippen LogP contribution in [-0.2, 0) is 24.0 Å². The summed E-state index contributed by atoms with van der Waals surface area (Å²) in [5.74, 6) is -4.93. The first-order valence-corrected chi connectivity index (χ1v) is 9.68. The lowest BCUT2D eigenvalue weighted by Gasteiger charge is -2.25. The van der Waals surface area contributed by atoms with Crippen LogP contribution in [0.15, 0.2) is 0 Å². The van der Waals surface area contributed by atoms with Gasteiger partial charge in [0.1, 0.15) is 12.1 Å². The minimum absolute atomic E-state index is 0.189. The first-order valence-electron chi connectivity index (χ1n) is 9.68. The zero-order valence-corrected chi connectivity index (χ0v) is 16.9. The number of carbonyl (C=O) groups is 5. The fraction of sp³-hybridized carbons (Fsp3) is 0.647. The third-order valence-corrected chi connectivity index (χ3v) is 4.63. The van der Waals surface area contributed by atoms with E-state index in [0.717, 1.165) is 0 Å². The Morgan fingerprint density at radius 2 is 1.84 bits per heavy atom. The number of aliphatic carboxylic acids is 2. The lowest BCUT2D eigenvalue weighted by Crippen LogP contribution is -2.53. The number of amides is 3. The number of carbonyl (C=O) groups excluding carboxylic acids is 3. The summed E-state index contributed by atoms with van der Waals surface area (Å²) >= 11 is 0. The van der Waals surface area contributed by atoms with Crippen molar-refractivity contribution in [1.29, 1.82) is 5.41 Å². The van der Waals surface area contributed by atoms with Crippen molar-refractivity contribution in [3.05, 3.63) is 0 Å². The average molecular weight is 443 g/mol. The normalized spacial score (nSPS) is 17.3. The van der Waals surface area contributed by atoms with E-state index in [1.807, 2.05) is 0 Å². The molecular weight excluding hydrogens is 414 g/mol. The zero-order chi connectivity index (χ0) is 23.6. The lowest BCUT2D eigenvalue weighted by molar-refractivity contribution is -0.148. The second kappa shape index (κ2) is 12.3. The van der Waals surface area contributed by atoms with Crippen molar-refractivity contribution in [1.82, 2.24) is 20.9 Å². The molecule has 0 radical (unpaired) electrons. The van der Waals surface area contributed by atoms with Crippen molar-refractivity contribution in [3.8, 4) is 0 Å². The molecule has 14 heteroatoms. The number of hydrogen-bond acceptors (Lipinski definition) is 7. The van der Waals surface area contributed by atoms with Crippen LogP contribution in [0.2, 0.25) is 0 Å². The zero-order valence-electron chi connectivity index (χ0n) is 16.9. The van der Waals surface area contributed by atoms with Gasteiger partial charge in [-0.15, -0.1) is 0 Å². The summed E-state index contributed by atoms with van der Waals surface area (Å²) in [5, 5.41) is 32.0. The molecule has 1 fully saturated rings. The first kappa shape index (κ1) is 25.6. The van der Waals surface area contributed by atoms with E-state index in [1.54, 1.807) is 0 Å². The predicted molar refractivity (Wildman–Crippen MR) is 107 cm³/mol. The number of nitrogens with zero attached hydrogens (tertiary/aromatic N) is 1. The second-order valence-corrected chi connectivity index (χ2v) is 7.05. The predicted octanol–water partition coefficient (Wildman–Crippen LogP) is -3.27. The number of rotatable bonds is 12. The summed E-state index contributed by atoms with van der Waals surface area (Å²) < 4.78 is 0. The third-order valence-electron chi connectivity index (χ3n) is 4.63. The third kappa shape index (κ3) is 8.86. The summed E-state index contributed by atoms with van der Waals surface area (Å²) in [7, 11) is 0. The number of guanidine groups is 1. The van der Waals surface area contributed by atoms with E-state index in [4.69, 9.17) is 27.1 Å². The molecule has 0 aromatic rings. The van der Waals surface area contributed by atoms with E-state index in [0.29, 0.717) is 25.8 Å². The summed E-state index contributed by atoms with van der Waals surface area (Å²) in [6, 6.07) is -3.43. The highest BCUT2D eigenvalue weighted by atomic mass is 16.4. The van der Waals surface area contributed by atoms with Crippen LogP contribution in [0.4, 0.5) is 0 Å². The van der Waals surface area contributed by atoms with E-state index in [-0.39, 0.29) is 25.5 Å². The van der Waals surface area contributed by atoms with Crippen molar-refractivity contribution in [2.45, 2.75) is 50.2 Å². The van der Waals surface area contributed by atoms with Crippen LogP contribution < -0.4 is 27.4 Å². The Labute approximate surface area is 178 Å². The average Bonchev–Trinajstić information content (AvgIpc) is 3.17. The molecule has 0 bridgehead atoms. The van der Waals surface area contributed by atoms with Crippen LogP contribution >= 0.6 is 0 Å². The molecule has 10 N–H and O–H groups in total. The quantitative estimate of drug-likeness (QED) is 0.0849. The van der Waals surface area contributed by atoms with Gasteiger partial charge in [0.25, 0.3) is 0 Å². The maximum Gasteiger partial charge on any atom is 0.326 e. The van der Waals surface area contributed by atoms with Crippen LogP contribution in [0, 0.1) is 5.41 Å². The van der Waals surface area contributed by atoms with Gasteiger partial charge < -0.3 is 42.5 Å². The topological polar surface area (TPSA) is 241 Å². The van der Waals surface area contributed by atoms with Crippen LogP contribution in [0.25, 0.3) is 0 Å². The number of carboxylic acids is 2. The minimum atomic E-state index is -1.61. The van der Waals surface area contributed by atoms with E-state index in [2.05, 4.69) is 16.0 Å². The van der Waals surface area contributed by atoms with Crippen LogP contribution in [-0.4, -0.2) is 88.5 Å². The van der Waals surface area contributed by atoms with Crippen molar-refractivity contribution < 1.29 is 34.2 Å². The van der Waals surface area contributed by atoms with Gasteiger partial charge in [0, 0.05) is 13.1 Å². The van der Waals surface area contributed by atoms with Gasteiger partial charge in [0.15, 0.2) is 5.96 Å². The molecule has 31 heavy (non-hydrogen) atoms. The van der Waals surface area contributed by atoms with Crippen LogP contribution in [0.3, 0.4) is 0 Å². The molecule has 1 heterocycles. The van der Waals surface area contributed by atoms with Gasteiger partial charge in [-0.1, -0.05) is 0 Å². The molecule has 0 aromatic carbocycles. The Morgan fingerprint density at radius 3 is 2.42 bits per heavy atom. The molecule has 0 spiro atoms. The lowest BCUT2D eigenvalue weighted by atomic mass is 10.1. The molecule has 0 aliphatic carbocycles. The first-order chi connectivity index (χ1) is 14.5. The van der Waals surface area contributed by atoms with Crippen LogP contribution in [0.5, 0.6) is 0 Å². The fourth-order valence-corrected chi connectivity index (χ4v) is 3.05. The molecule has 1 aliphatic heterocycles. The summed E-state index contributed by atoms with van der Waals surface area (Å²) in [6.07, 6.45) is 0.773. The highest BCUT2D eigenvalue weighted by Gasteiger charge is 2.36. The van der Waals surface area contributed by atoms with E-state index in [9.17, 15) is 24.0 Å². The van der Waals surface area contributed by atoms with Crippen molar-refractivity contribution in [3.63, 3.8) is 0 Å². The second-order valence-electron chi connectivity index (χ2n) is 7.05. The van der Waals surface area contributed by atoms with Gasteiger partial charge in [0.2, 0.25) is 17.7 Å². The van der Waals surface area contributed by atoms with E-state index < -0.39 is 54.2 Å². The van der Waals surface area contributed by atoms with Gasteiger partial charge in [0.05, 0.1) is 19.0 Å². The molecule has 3 atom stereocenters. The van der Waals surface area contributed by atoms with Gasteiger partial charge in [-0.2, -0.15) is 0 Å². The molecular formula is C17H29N7O7. The van der Waals surface area contributed by atoms with Gasteiger partial charge in [-0.05, 0) is 25.7 Å². The molecule has 174 valence electrons. The maximum atomic E-state index is 12.5. The highest BCUT2D eigenvalue weighted by molar-refractivity contribution is 5.93. The smallest absolute Gasteiger partial charge is 0.326 e. The van der Waals surface area contributed by atoms with E-state index >= 15 is 0 Å². The molecule has 0 saturated carbocycles. The molecule has 1 aliphatic rings. The number of carboxylic acid groups (broad SMARTS) is 2. The minimum Gasteiger partial charge on any atom is -0.481 e. The Hall–Kier alpha value is -3.42. The molecule has 0 aromatic heterocycles. The van der Waals surface area contributed by atoms with Crippen molar-refractivity contribution in [2.75, 3.05) is 19.6 Å². The number of nitrogens with one attached hydrogen (secondary N) is 4. The van der Waals surface area contributed by atoms with Gasteiger partial charge >= 0.3 is 11.9 Å². The van der Waals surface area contributed by atoms with Gasteiger partial charge in [-0.3, -0.25) is 24.6 Å². The standard InChI is InChI=1S/C17H29N7O7/c18-9(3-1-5-21-17(19)20)14(28)22-8-12(25)24-6-2-4-11(24)15(29)23-10(16(30)31)7-13(26)27/h9-11H,1-8,18H2,(H,22,28)(H,23,29)(H,26,27)(H,30,31)(H4,19,20,21)/t9-,10-,11-/m0/s1. The molecule has 1 rings (SSSR count). The molecule has 3 amide bonds. The molecule has 0 unspecified atom stereocenters. The van der Waals surface area contributed by atoms with Crippen LogP contribution in [0.1, 0.15) is 32.1 Å². The number of nitrogens with two attached hydrogens (primary N) is 2. The largest absolute Gasteiger partial charge is 0.481 e. The molecule has 14 nitrogen and oxygen atoms in total. The summed E-state index contributed by atoms with van der Waals surface area (Å²) in [5.41, 5.74) is 10.9. The summed E-state index contributed by atoms with van der Waals surface area (Å²) in [6.45, 7) is 0.227.